The van der Waals surface area contributed by atoms with Gasteiger partial charge in [-0.3, -0.25) is 10.1 Å². The van der Waals surface area contributed by atoms with Crippen LogP contribution in [0.4, 0.5) is 15.8 Å². The molecule has 6 nitrogen and oxygen atoms in total. The van der Waals surface area contributed by atoms with Crippen LogP contribution in [-0.4, -0.2) is 18.0 Å². The number of ether oxygens (including phenoxy) is 1. The number of nitrogens with zero attached hydrogens (tertiary/aromatic N) is 1. The number of halogens is 1. The summed E-state index contributed by atoms with van der Waals surface area (Å²) in [5.74, 6) is -1.98. The third kappa shape index (κ3) is 2.01. The summed E-state index contributed by atoms with van der Waals surface area (Å²) in [6.07, 6.45) is 0. The lowest BCUT2D eigenvalue weighted by atomic mass is 10.1. The number of carbonyl (C=O) groups excluding carboxylic acids is 1. The summed E-state index contributed by atoms with van der Waals surface area (Å²) in [4.78, 5) is 20.4. The minimum absolute atomic E-state index is 0.168. The molecule has 0 aromatic heterocycles. The van der Waals surface area contributed by atoms with Crippen LogP contribution >= 0.6 is 0 Å². The van der Waals surface area contributed by atoms with Gasteiger partial charge in [-0.15, -0.1) is 0 Å². The predicted molar refractivity (Wildman–Crippen MR) is 48.8 cm³/mol. The number of hydrogen-bond acceptors (Lipinski definition) is 5. The van der Waals surface area contributed by atoms with Crippen molar-refractivity contribution in [3.63, 3.8) is 0 Å². The molecule has 1 rings (SSSR count). The molecule has 15 heavy (non-hydrogen) atoms. The van der Waals surface area contributed by atoms with Gasteiger partial charge >= 0.3 is 11.7 Å². The number of esters is 1. The van der Waals surface area contributed by atoms with E-state index in [1.165, 1.54) is 0 Å². The molecule has 0 bridgehead atoms. The Morgan fingerprint density at radius 3 is 2.60 bits per heavy atom. The van der Waals surface area contributed by atoms with E-state index in [1.54, 1.807) is 0 Å². The highest BCUT2D eigenvalue weighted by atomic mass is 19.1. The number of nitro benzene ring substituents is 1. The second-order valence-corrected chi connectivity index (χ2v) is 2.64. The zero-order valence-electron chi connectivity index (χ0n) is 7.69. The Labute approximate surface area is 83.6 Å². The molecule has 0 aliphatic heterocycles. The van der Waals surface area contributed by atoms with Gasteiger partial charge < -0.3 is 10.5 Å². The van der Waals surface area contributed by atoms with Crippen molar-refractivity contribution in [1.29, 1.82) is 0 Å². The van der Waals surface area contributed by atoms with Gasteiger partial charge in [0, 0.05) is 0 Å². The highest BCUT2D eigenvalue weighted by molar-refractivity contribution is 5.91. The number of methoxy groups -OCH3 is 1. The van der Waals surface area contributed by atoms with E-state index in [9.17, 15) is 19.3 Å². The first-order chi connectivity index (χ1) is 6.97. The van der Waals surface area contributed by atoms with Crippen LogP contribution in [0.25, 0.3) is 0 Å². The third-order valence-electron chi connectivity index (χ3n) is 1.70. The Hall–Kier alpha value is -2.18. The van der Waals surface area contributed by atoms with Gasteiger partial charge in [0.05, 0.1) is 17.6 Å². The standard InChI is InChI=1S/C8H7FN2O4/c1-15-8(12)4-2-5(9)7(11(13)14)6(10)3-4/h2-3H,10H2,1H3. The second kappa shape index (κ2) is 3.91. The normalized spacial score (nSPS) is 9.73. The van der Waals surface area contributed by atoms with E-state index in [1.807, 2.05) is 0 Å². The quantitative estimate of drug-likeness (QED) is 0.344. The van der Waals surface area contributed by atoms with Crippen molar-refractivity contribution in [2.75, 3.05) is 12.8 Å². The van der Waals surface area contributed by atoms with E-state index in [-0.39, 0.29) is 5.56 Å². The molecule has 1 aromatic carbocycles. The molecule has 7 heteroatoms. The Balaban J connectivity index is 3.31. The van der Waals surface area contributed by atoms with Crippen LogP contribution in [-0.2, 0) is 4.74 Å². The van der Waals surface area contributed by atoms with Crippen LogP contribution in [0.15, 0.2) is 12.1 Å². The maximum Gasteiger partial charge on any atom is 0.338 e. The molecule has 0 atom stereocenters. The van der Waals surface area contributed by atoms with Crippen molar-refractivity contribution in [3.8, 4) is 0 Å². The topological polar surface area (TPSA) is 95.5 Å². The molecule has 0 saturated heterocycles. The van der Waals surface area contributed by atoms with Gasteiger partial charge in [0.25, 0.3) is 0 Å². The molecule has 1 aromatic rings. The third-order valence-corrected chi connectivity index (χ3v) is 1.70. The Bertz CT molecular complexity index is 410. The van der Waals surface area contributed by atoms with Crippen LogP contribution in [0.3, 0.4) is 0 Å². The number of nitro groups is 1. The number of benzene rings is 1. The van der Waals surface area contributed by atoms with E-state index < -0.39 is 28.1 Å². The summed E-state index contributed by atoms with van der Waals surface area (Å²) in [6.45, 7) is 0. The molecule has 0 saturated carbocycles. The average molecular weight is 214 g/mol. The van der Waals surface area contributed by atoms with Gasteiger partial charge in [-0.1, -0.05) is 0 Å². The van der Waals surface area contributed by atoms with Crippen LogP contribution in [0.1, 0.15) is 10.4 Å². The zero-order valence-corrected chi connectivity index (χ0v) is 7.69. The van der Waals surface area contributed by atoms with Gasteiger partial charge in [0.2, 0.25) is 5.82 Å². The van der Waals surface area contributed by atoms with Crippen molar-refractivity contribution in [2.45, 2.75) is 0 Å². The number of hydrogen-bond donors (Lipinski definition) is 1. The Morgan fingerprint density at radius 1 is 1.60 bits per heavy atom. The number of nitrogen functional groups attached to an aromatic ring is 1. The molecule has 2 N–H and O–H groups in total. The van der Waals surface area contributed by atoms with Crippen molar-refractivity contribution in [1.82, 2.24) is 0 Å². The number of carbonyl (C=O) groups is 1. The molecule has 0 heterocycles. The molecule has 80 valence electrons. The van der Waals surface area contributed by atoms with Gasteiger partial charge in [-0.25, -0.2) is 4.79 Å². The predicted octanol–water partition coefficient (Wildman–Crippen LogP) is 1.10. The fourth-order valence-electron chi connectivity index (χ4n) is 1.05. The summed E-state index contributed by atoms with van der Waals surface area (Å²) < 4.78 is 17.4. The first-order valence-electron chi connectivity index (χ1n) is 3.79. The summed E-state index contributed by atoms with van der Waals surface area (Å²) in [7, 11) is 1.11. The van der Waals surface area contributed by atoms with Crippen LogP contribution in [0.2, 0.25) is 0 Å². The van der Waals surface area contributed by atoms with Gasteiger partial charge in [0.15, 0.2) is 0 Å². The van der Waals surface area contributed by atoms with Crippen molar-refractivity contribution in [2.24, 2.45) is 0 Å². The molecule has 0 unspecified atom stereocenters. The van der Waals surface area contributed by atoms with Crippen molar-refractivity contribution < 1.29 is 18.8 Å². The second-order valence-electron chi connectivity index (χ2n) is 2.64. The van der Waals surface area contributed by atoms with E-state index in [0.717, 1.165) is 13.2 Å². The van der Waals surface area contributed by atoms with Gasteiger partial charge in [-0.05, 0) is 12.1 Å². The maximum absolute atomic E-state index is 13.1. The van der Waals surface area contributed by atoms with Gasteiger partial charge in [-0.2, -0.15) is 4.39 Å². The highest BCUT2D eigenvalue weighted by Gasteiger charge is 2.21. The fourth-order valence-corrected chi connectivity index (χ4v) is 1.05. The average Bonchev–Trinajstić information content (AvgIpc) is 2.14. The highest BCUT2D eigenvalue weighted by Crippen LogP contribution is 2.26. The van der Waals surface area contributed by atoms with E-state index >= 15 is 0 Å². The van der Waals surface area contributed by atoms with Crippen molar-refractivity contribution in [3.05, 3.63) is 33.6 Å². The molecule has 0 aliphatic carbocycles. The number of anilines is 1. The molecule has 0 spiro atoms. The molecule has 0 fully saturated rings. The zero-order chi connectivity index (χ0) is 11.6. The van der Waals surface area contributed by atoms with E-state index in [2.05, 4.69) is 4.74 Å². The first-order valence-corrected chi connectivity index (χ1v) is 3.79. The van der Waals surface area contributed by atoms with E-state index in [4.69, 9.17) is 5.73 Å². The molecule has 0 amide bonds. The fraction of sp³-hybridized carbons (Fsp3) is 0.125. The lowest BCUT2D eigenvalue weighted by molar-refractivity contribution is -0.386. The summed E-state index contributed by atoms with van der Waals surface area (Å²) in [5.41, 5.74) is 3.80. The lowest BCUT2D eigenvalue weighted by Gasteiger charge is -2.02. The first kappa shape index (κ1) is 10.9. The maximum atomic E-state index is 13.1. The molecule has 0 radical (unpaired) electrons. The summed E-state index contributed by atoms with van der Waals surface area (Å²) in [5, 5.41) is 10.4. The smallest absolute Gasteiger partial charge is 0.338 e. The summed E-state index contributed by atoms with van der Waals surface area (Å²) >= 11 is 0. The Morgan fingerprint density at radius 2 is 2.20 bits per heavy atom. The Kier molecular flexibility index (Phi) is 2.84. The number of rotatable bonds is 2. The minimum atomic E-state index is -1.17. The van der Waals surface area contributed by atoms with Crippen LogP contribution < -0.4 is 5.73 Å². The minimum Gasteiger partial charge on any atom is -0.465 e. The van der Waals surface area contributed by atoms with Crippen LogP contribution in [0.5, 0.6) is 0 Å². The van der Waals surface area contributed by atoms with Gasteiger partial charge in [0.1, 0.15) is 5.69 Å². The monoisotopic (exact) mass is 214 g/mol. The lowest BCUT2D eigenvalue weighted by Crippen LogP contribution is -2.06. The SMILES string of the molecule is COC(=O)c1cc(N)c([N+](=O)[O-])c(F)c1. The molecule has 0 aliphatic rings. The number of nitrogens with two attached hydrogens (primary N) is 1. The summed E-state index contributed by atoms with van der Waals surface area (Å²) in [6, 6.07) is 1.70. The largest absolute Gasteiger partial charge is 0.465 e. The molecular formula is C8H7FN2O4. The van der Waals surface area contributed by atoms with Crippen LogP contribution in [0, 0.1) is 15.9 Å². The van der Waals surface area contributed by atoms with Crippen molar-refractivity contribution >= 4 is 17.3 Å². The molecular weight excluding hydrogens is 207 g/mol. The van der Waals surface area contributed by atoms with E-state index in [0.29, 0.717) is 6.07 Å².